The molecule has 1 aliphatic carbocycles. The molecule has 2 amide bonds. The van der Waals surface area contributed by atoms with Crippen LogP contribution in [0.2, 0.25) is 0 Å². The zero-order valence-electron chi connectivity index (χ0n) is 23.4. The Bertz CT molecular complexity index is 1470. The van der Waals surface area contributed by atoms with Gasteiger partial charge in [-0.05, 0) is 77.1 Å². The van der Waals surface area contributed by atoms with Crippen molar-refractivity contribution in [2.45, 2.75) is 71.1 Å². The third-order valence-electron chi connectivity index (χ3n) is 7.88. The van der Waals surface area contributed by atoms with Crippen LogP contribution in [0.4, 0.5) is 10.5 Å². The molecule has 9 nitrogen and oxygen atoms in total. The first-order chi connectivity index (χ1) is 19.0. The minimum absolute atomic E-state index is 0.111. The molecule has 2 aliphatic heterocycles. The van der Waals surface area contributed by atoms with Crippen molar-refractivity contribution < 1.29 is 23.8 Å². The van der Waals surface area contributed by atoms with Crippen molar-refractivity contribution in [1.29, 1.82) is 0 Å². The minimum Gasteiger partial charge on any atom is -0.491 e. The molecule has 1 spiro atoms. The summed E-state index contributed by atoms with van der Waals surface area (Å²) in [5.74, 6) is 1.37. The van der Waals surface area contributed by atoms with Gasteiger partial charge in [0.25, 0.3) is 5.91 Å². The number of aryl methyl sites for hydroxylation is 1. The van der Waals surface area contributed by atoms with Gasteiger partial charge in [-0.3, -0.25) is 4.79 Å². The van der Waals surface area contributed by atoms with Crippen molar-refractivity contribution in [3.63, 3.8) is 0 Å². The Balaban J connectivity index is 1.03. The van der Waals surface area contributed by atoms with E-state index in [4.69, 9.17) is 19.9 Å². The second-order valence-corrected chi connectivity index (χ2v) is 13.4. The third kappa shape index (κ3) is 5.29. The van der Waals surface area contributed by atoms with Crippen molar-refractivity contribution in [2.24, 2.45) is 5.41 Å². The van der Waals surface area contributed by atoms with Crippen molar-refractivity contribution in [2.75, 3.05) is 25.4 Å². The fraction of sp³-hybridized carbons (Fsp3) is 0.500. The number of nitrogens with one attached hydrogen (secondary N) is 1. The molecular formula is C30H36N4O5S. The van der Waals surface area contributed by atoms with E-state index in [0.717, 1.165) is 65.3 Å². The van der Waals surface area contributed by atoms with Crippen LogP contribution >= 0.6 is 11.3 Å². The molecule has 0 bridgehead atoms. The van der Waals surface area contributed by atoms with E-state index in [1.807, 2.05) is 58.0 Å². The fourth-order valence-electron chi connectivity index (χ4n) is 5.98. The number of hydrogen-bond acceptors (Lipinski definition) is 8. The van der Waals surface area contributed by atoms with Gasteiger partial charge in [0, 0.05) is 35.7 Å². The molecule has 212 valence electrons. The first-order valence-corrected chi connectivity index (χ1v) is 14.7. The molecule has 2 aromatic heterocycles. The highest BCUT2D eigenvalue weighted by Gasteiger charge is 2.51. The van der Waals surface area contributed by atoms with Crippen LogP contribution in [0.5, 0.6) is 11.5 Å². The number of benzene rings is 1. The highest BCUT2D eigenvalue weighted by Crippen LogP contribution is 2.47. The minimum atomic E-state index is -0.481. The van der Waals surface area contributed by atoms with E-state index in [9.17, 15) is 9.59 Å². The SMILES string of the molecule is Cc1ccc2c(N)c(C(=O)NC3COc4cc(OC5CCC6(C5)CN(C(=O)OC(C)(C)C)C6)ccc4C3)sc2n1. The number of thiophene rings is 1. The Morgan fingerprint density at radius 2 is 2.02 bits per heavy atom. The number of carbonyl (C=O) groups excluding carboxylic acids is 2. The van der Waals surface area contributed by atoms with Crippen LogP contribution in [0, 0.1) is 12.3 Å². The lowest BCUT2D eigenvalue weighted by Gasteiger charge is -2.48. The van der Waals surface area contributed by atoms with E-state index in [1.165, 1.54) is 11.3 Å². The Labute approximate surface area is 238 Å². The van der Waals surface area contributed by atoms with Gasteiger partial charge in [-0.1, -0.05) is 6.07 Å². The van der Waals surface area contributed by atoms with Gasteiger partial charge >= 0.3 is 6.09 Å². The zero-order valence-corrected chi connectivity index (χ0v) is 24.2. The number of nitrogen functional groups attached to an aromatic ring is 1. The average Bonchev–Trinajstić information content (AvgIpc) is 3.43. The predicted molar refractivity (Wildman–Crippen MR) is 154 cm³/mol. The van der Waals surface area contributed by atoms with Gasteiger partial charge < -0.3 is 30.2 Å². The maximum atomic E-state index is 13.0. The molecule has 1 saturated heterocycles. The topological polar surface area (TPSA) is 116 Å². The van der Waals surface area contributed by atoms with Crippen LogP contribution in [-0.2, 0) is 11.2 Å². The van der Waals surface area contributed by atoms with Crippen molar-refractivity contribution in [3.05, 3.63) is 46.5 Å². The lowest BCUT2D eigenvalue weighted by atomic mass is 9.78. The Kier molecular flexibility index (Phi) is 6.56. The van der Waals surface area contributed by atoms with Gasteiger partial charge in [-0.15, -0.1) is 11.3 Å². The normalized spacial score (nSPS) is 21.4. The molecule has 3 aliphatic rings. The van der Waals surface area contributed by atoms with Crippen LogP contribution < -0.4 is 20.5 Å². The molecule has 10 heteroatoms. The van der Waals surface area contributed by atoms with Gasteiger partial charge in [0.2, 0.25) is 0 Å². The van der Waals surface area contributed by atoms with Gasteiger partial charge in [0.1, 0.15) is 33.4 Å². The molecule has 2 atom stereocenters. The number of ether oxygens (including phenoxy) is 3. The Morgan fingerprint density at radius 1 is 1.23 bits per heavy atom. The molecule has 2 fully saturated rings. The number of fused-ring (bicyclic) bond motifs is 2. The summed E-state index contributed by atoms with van der Waals surface area (Å²) < 4.78 is 17.9. The number of likely N-dealkylation sites (tertiary alicyclic amines) is 1. The van der Waals surface area contributed by atoms with E-state index in [-0.39, 0.29) is 29.6 Å². The highest BCUT2D eigenvalue weighted by atomic mass is 32.1. The molecule has 4 heterocycles. The zero-order chi connectivity index (χ0) is 28.2. The van der Waals surface area contributed by atoms with Crippen molar-refractivity contribution in [1.82, 2.24) is 15.2 Å². The maximum absolute atomic E-state index is 13.0. The number of pyridine rings is 1. The van der Waals surface area contributed by atoms with E-state index >= 15 is 0 Å². The summed E-state index contributed by atoms with van der Waals surface area (Å²) in [6.45, 7) is 9.41. The molecular weight excluding hydrogens is 528 g/mol. The first-order valence-electron chi connectivity index (χ1n) is 13.8. The quantitative estimate of drug-likeness (QED) is 0.454. The van der Waals surface area contributed by atoms with E-state index in [2.05, 4.69) is 10.3 Å². The summed E-state index contributed by atoms with van der Waals surface area (Å²) in [4.78, 5) is 32.9. The number of rotatable bonds is 4. The van der Waals surface area contributed by atoms with Gasteiger partial charge in [-0.2, -0.15) is 0 Å². The predicted octanol–water partition coefficient (Wildman–Crippen LogP) is 5.09. The molecule has 0 radical (unpaired) electrons. The molecule has 3 aromatic rings. The summed E-state index contributed by atoms with van der Waals surface area (Å²) in [5.41, 5.74) is 8.30. The lowest BCUT2D eigenvalue weighted by molar-refractivity contribution is -0.0350. The standard InChI is InChI=1S/C30H36N4O5S/c1-17-5-8-22-24(31)25(40-27(22)32-17)26(35)33-19-11-18-6-7-20(12-23(18)37-14-19)38-21-9-10-30(13-21)15-34(16-30)28(36)39-29(2,3)4/h5-8,12,19,21H,9-11,13-16,31H2,1-4H3,(H,33,35). The number of anilines is 1. The van der Waals surface area contributed by atoms with Crippen molar-refractivity contribution >= 4 is 39.2 Å². The lowest BCUT2D eigenvalue weighted by Crippen LogP contribution is -2.58. The number of aromatic nitrogens is 1. The molecule has 1 saturated carbocycles. The number of carbonyl (C=O) groups is 2. The second-order valence-electron chi connectivity index (χ2n) is 12.4. The monoisotopic (exact) mass is 564 g/mol. The number of nitrogens with zero attached hydrogens (tertiary/aromatic N) is 2. The third-order valence-corrected chi connectivity index (χ3v) is 9.00. The van der Waals surface area contributed by atoms with E-state index in [0.29, 0.717) is 23.6 Å². The van der Waals surface area contributed by atoms with Gasteiger partial charge in [0.05, 0.1) is 17.8 Å². The summed E-state index contributed by atoms with van der Waals surface area (Å²) >= 11 is 1.32. The largest absolute Gasteiger partial charge is 0.491 e. The maximum Gasteiger partial charge on any atom is 0.410 e. The van der Waals surface area contributed by atoms with Crippen molar-refractivity contribution in [3.8, 4) is 11.5 Å². The first kappa shape index (κ1) is 26.7. The summed E-state index contributed by atoms with van der Waals surface area (Å²) in [6, 6.07) is 9.59. The van der Waals surface area contributed by atoms with E-state index in [1.54, 1.807) is 4.90 Å². The highest BCUT2D eigenvalue weighted by molar-refractivity contribution is 7.21. The number of amides is 2. The van der Waals surface area contributed by atoms with Crippen LogP contribution in [-0.4, -0.2) is 59.3 Å². The number of nitrogens with two attached hydrogens (primary N) is 1. The van der Waals surface area contributed by atoms with Crippen LogP contribution in [0.1, 0.15) is 61.0 Å². The van der Waals surface area contributed by atoms with Gasteiger partial charge in [0.15, 0.2) is 0 Å². The van der Waals surface area contributed by atoms with Gasteiger partial charge in [-0.25, -0.2) is 9.78 Å². The average molecular weight is 565 g/mol. The molecule has 40 heavy (non-hydrogen) atoms. The smallest absolute Gasteiger partial charge is 0.410 e. The van der Waals surface area contributed by atoms with Crippen LogP contribution in [0.3, 0.4) is 0 Å². The number of hydrogen-bond donors (Lipinski definition) is 2. The fourth-order valence-corrected chi connectivity index (χ4v) is 7.02. The second kappa shape index (κ2) is 9.83. The van der Waals surface area contributed by atoms with E-state index < -0.39 is 5.60 Å². The Hall–Kier alpha value is -3.53. The summed E-state index contributed by atoms with van der Waals surface area (Å²) in [7, 11) is 0. The van der Waals surface area contributed by atoms with Crippen LogP contribution in [0.25, 0.3) is 10.2 Å². The molecule has 2 unspecified atom stereocenters. The molecule has 1 aromatic carbocycles. The molecule has 3 N–H and O–H groups in total. The van der Waals surface area contributed by atoms with Crippen LogP contribution in [0.15, 0.2) is 30.3 Å². The summed E-state index contributed by atoms with van der Waals surface area (Å²) in [5, 5.41) is 3.89. The molecule has 6 rings (SSSR count). The Morgan fingerprint density at radius 3 is 2.80 bits per heavy atom. The summed E-state index contributed by atoms with van der Waals surface area (Å²) in [6.07, 6.45) is 3.47.